The molecule has 0 aliphatic heterocycles. The molecule has 1 rings (SSSR count). The van der Waals surface area contributed by atoms with Crippen LogP contribution in [0.3, 0.4) is 0 Å². The first kappa shape index (κ1) is 14.7. The second kappa shape index (κ2) is 7.96. The van der Waals surface area contributed by atoms with Gasteiger partial charge in [0.25, 0.3) is 0 Å². The maximum absolute atomic E-state index is 8.61. The molecule has 2 N–H and O–H groups in total. The third-order valence-electron chi connectivity index (χ3n) is 1.86. The molecule has 0 amide bonds. The van der Waals surface area contributed by atoms with Gasteiger partial charge in [0.1, 0.15) is 24.7 Å². The van der Waals surface area contributed by atoms with Crippen LogP contribution in [0.4, 0.5) is 0 Å². The topological polar surface area (TPSA) is 58.9 Å². The van der Waals surface area contributed by atoms with Crippen LogP contribution in [0.25, 0.3) is 0 Å². The molecule has 0 heterocycles. The summed E-state index contributed by atoms with van der Waals surface area (Å²) in [5.41, 5.74) is 0.943. The molecule has 4 heteroatoms. The van der Waals surface area contributed by atoms with E-state index in [0.717, 1.165) is 11.3 Å². The Kier molecular flexibility index (Phi) is 7.33. The highest BCUT2D eigenvalue weighted by Gasteiger charge is 2.01. The predicted molar refractivity (Wildman–Crippen MR) is 63.1 cm³/mol. The van der Waals surface area contributed by atoms with Gasteiger partial charge in [-0.25, -0.2) is 0 Å². The minimum Gasteiger partial charge on any atom is -0.491 e. The van der Waals surface area contributed by atoms with Gasteiger partial charge in [-0.15, -0.1) is 0 Å². The second-order valence-corrected chi connectivity index (χ2v) is 3.07. The highest BCUT2D eigenvalue weighted by Crippen LogP contribution is 2.23. The molecule has 0 saturated heterocycles. The number of hydrogen-bond acceptors (Lipinski definition) is 4. The summed E-state index contributed by atoms with van der Waals surface area (Å²) in [7, 11) is 0. The molecule has 0 fully saturated rings. The van der Waals surface area contributed by atoms with Gasteiger partial charge in [-0.05, 0) is 30.7 Å². The summed E-state index contributed by atoms with van der Waals surface area (Å²) in [6.45, 7) is 2.48. The van der Waals surface area contributed by atoms with Crippen LogP contribution in [0.2, 0.25) is 0 Å². The number of hydrogen-bond donors (Lipinski definition) is 2. The average Bonchev–Trinajstić information content (AvgIpc) is 2.25. The molecule has 1 aromatic carbocycles. The molecule has 0 atom stereocenters. The monoisotopic (exact) mass is 228 g/mol. The zero-order valence-electron chi connectivity index (χ0n) is 8.77. The van der Waals surface area contributed by atoms with Gasteiger partial charge in [0.05, 0.1) is 13.2 Å². The minimum absolute atomic E-state index is 0. The summed E-state index contributed by atoms with van der Waals surface area (Å²) in [6, 6.07) is 5.40. The molecule has 0 aliphatic rings. The smallest absolute Gasteiger partial charge is 0.122 e. The van der Waals surface area contributed by atoms with Crippen LogP contribution in [0.15, 0.2) is 18.2 Å². The molecular weight excluding hydrogens is 208 g/mol. The van der Waals surface area contributed by atoms with E-state index in [9.17, 15) is 0 Å². The van der Waals surface area contributed by atoms with Crippen LogP contribution in [-0.4, -0.2) is 36.6 Å². The predicted octanol–water partition coefficient (Wildman–Crippen LogP) is 1.37. The molecule has 0 aromatic heterocycles. The summed E-state index contributed by atoms with van der Waals surface area (Å²) < 4.78 is 10.5. The minimum atomic E-state index is 0. The number of ether oxygens (including phenoxy) is 2. The number of aliphatic hydroxyl groups excluding tert-OH is 2. The first-order valence-electron chi connectivity index (χ1n) is 4.86. The molecule has 92 valence electrons. The van der Waals surface area contributed by atoms with E-state index in [4.69, 9.17) is 19.7 Å². The number of aliphatic hydroxyl groups is 2. The van der Waals surface area contributed by atoms with Gasteiger partial charge in [-0.2, -0.15) is 0 Å². The summed E-state index contributed by atoms with van der Waals surface area (Å²) in [5.74, 6) is 1.44. The average molecular weight is 228 g/mol. The third-order valence-corrected chi connectivity index (χ3v) is 1.86. The quantitative estimate of drug-likeness (QED) is 0.772. The zero-order chi connectivity index (χ0) is 11.1. The number of rotatable bonds is 6. The maximum atomic E-state index is 8.61. The van der Waals surface area contributed by atoms with Crippen molar-refractivity contribution in [3.63, 3.8) is 0 Å². The van der Waals surface area contributed by atoms with Gasteiger partial charge in [-0.3, -0.25) is 0 Å². The van der Waals surface area contributed by atoms with E-state index in [1.54, 1.807) is 12.1 Å². The van der Waals surface area contributed by atoms with Crippen LogP contribution in [0, 0.1) is 6.92 Å². The maximum Gasteiger partial charge on any atom is 0.122 e. The van der Waals surface area contributed by atoms with Crippen molar-refractivity contribution in [1.29, 1.82) is 0 Å². The third kappa shape index (κ3) is 4.51. The van der Waals surface area contributed by atoms with Crippen molar-refractivity contribution in [2.75, 3.05) is 26.4 Å². The van der Waals surface area contributed by atoms with Crippen LogP contribution in [0.5, 0.6) is 11.5 Å². The van der Waals surface area contributed by atoms with Crippen molar-refractivity contribution in [2.45, 2.75) is 14.4 Å². The first-order chi connectivity index (χ1) is 7.27. The van der Waals surface area contributed by atoms with Crippen LogP contribution >= 0.6 is 0 Å². The highest BCUT2D eigenvalue weighted by molar-refractivity contribution is 5.39. The number of benzene rings is 1. The van der Waals surface area contributed by atoms with E-state index >= 15 is 0 Å². The van der Waals surface area contributed by atoms with Gasteiger partial charge in [0, 0.05) is 0 Å². The van der Waals surface area contributed by atoms with E-state index in [-0.39, 0.29) is 33.9 Å². The van der Waals surface area contributed by atoms with Crippen molar-refractivity contribution in [2.24, 2.45) is 0 Å². The van der Waals surface area contributed by atoms with E-state index in [1.807, 2.05) is 13.0 Å². The van der Waals surface area contributed by atoms with Crippen molar-refractivity contribution in [3.8, 4) is 11.5 Å². The fourth-order valence-electron chi connectivity index (χ4n) is 1.19. The fraction of sp³-hybridized carbons (Fsp3) is 0.500. The molecule has 0 bridgehead atoms. The Morgan fingerprint density at radius 3 is 2.25 bits per heavy atom. The Balaban J connectivity index is 0.00000225. The summed E-state index contributed by atoms with van der Waals surface area (Å²) >= 11 is 0. The van der Waals surface area contributed by atoms with Crippen LogP contribution < -0.4 is 9.47 Å². The van der Waals surface area contributed by atoms with Crippen LogP contribution in [0.1, 0.15) is 13.0 Å². The van der Waals surface area contributed by atoms with E-state index in [0.29, 0.717) is 5.75 Å². The largest absolute Gasteiger partial charge is 0.491 e. The lowest BCUT2D eigenvalue weighted by Crippen LogP contribution is -2.04. The van der Waals surface area contributed by atoms with Crippen molar-refractivity contribution >= 4 is 0 Å². The second-order valence-electron chi connectivity index (χ2n) is 3.07. The van der Waals surface area contributed by atoms with E-state index in [1.165, 1.54) is 0 Å². The molecular formula is C12H20O4. The van der Waals surface area contributed by atoms with Gasteiger partial charge in [0.15, 0.2) is 0 Å². The first-order valence-corrected chi connectivity index (χ1v) is 4.86. The Morgan fingerprint density at radius 1 is 1.06 bits per heavy atom. The Hall–Kier alpha value is -1.26. The molecule has 0 unspecified atom stereocenters. The lowest BCUT2D eigenvalue weighted by atomic mass is 10.2. The van der Waals surface area contributed by atoms with Crippen molar-refractivity contribution in [3.05, 3.63) is 23.8 Å². The summed E-state index contributed by atoms with van der Waals surface area (Å²) in [6.07, 6.45) is 0. The molecule has 0 aliphatic carbocycles. The normalized spacial score (nSPS) is 9.44. The van der Waals surface area contributed by atoms with Crippen LogP contribution in [-0.2, 0) is 0 Å². The fourth-order valence-corrected chi connectivity index (χ4v) is 1.19. The van der Waals surface area contributed by atoms with Crippen molar-refractivity contribution in [1.82, 2.24) is 0 Å². The van der Waals surface area contributed by atoms with Gasteiger partial charge in [-0.1, -0.05) is 7.43 Å². The Morgan fingerprint density at radius 2 is 1.69 bits per heavy atom. The molecule has 0 radical (unpaired) electrons. The highest BCUT2D eigenvalue weighted by atomic mass is 16.5. The van der Waals surface area contributed by atoms with Gasteiger partial charge < -0.3 is 19.7 Å². The Bertz CT molecular complexity index is 299. The molecule has 0 saturated carbocycles. The summed E-state index contributed by atoms with van der Waals surface area (Å²) in [4.78, 5) is 0. The SMILES string of the molecule is C.Cc1cc(OCCO)ccc1OCCO. The standard InChI is InChI=1S/C11H16O4.CH4/c1-9-8-10(14-6-4-12)2-3-11(9)15-7-5-13;/h2-3,8,12-13H,4-7H2,1H3;1H4. The Labute approximate surface area is 96.4 Å². The van der Waals surface area contributed by atoms with Gasteiger partial charge >= 0.3 is 0 Å². The van der Waals surface area contributed by atoms with E-state index in [2.05, 4.69) is 0 Å². The number of aryl methyl sites for hydroxylation is 1. The summed E-state index contributed by atoms with van der Waals surface area (Å²) in [5, 5.41) is 17.2. The molecule has 1 aromatic rings. The molecule has 4 nitrogen and oxygen atoms in total. The van der Waals surface area contributed by atoms with E-state index < -0.39 is 0 Å². The van der Waals surface area contributed by atoms with Crippen molar-refractivity contribution < 1.29 is 19.7 Å². The zero-order valence-corrected chi connectivity index (χ0v) is 8.77. The molecule has 16 heavy (non-hydrogen) atoms. The lowest BCUT2D eigenvalue weighted by Gasteiger charge is -2.10. The lowest BCUT2D eigenvalue weighted by molar-refractivity contribution is 0.197. The molecule has 0 spiro atoms. The van der Waals surface area contributed by atoms with Gasteiger partial charge in [0.2, 0.25) is 0 Å².